The molecule has 1 unspecified atom stereocenters. The number of rotatable bonds is 5. The number of hydrogen-bond acceptors (Lipinski definition) is 4. The molecular weight excluding hydrogens is 398 g/mol. The standard InChI is InChI=1S/C23H29N3O3S/c27-23(24-19-14-17-25(18-15-19)20-9-3-1-4-10-20)22-13-7-8-16-26(22)30(28,29)21-11-5-2-6-12-21/h1-6,9-12,19,22H,7-8,13-18H2,(H,24,27). The monoisotopic (exact) mass is 427 g/mol. The van der Waals surface area contributed by atoms with Crippen molar-refractivity contribution in [2.75, 3.05) is 24.5 Å². The number of sulfonamides is 1. The Morgan fingerprint density at radius 1 is 0.833 bits per heavy atom. The molecule has 2 aliphatic rings. The molecule has 0 spiro atoms. The summed E-state index contributed by atoms with van der Waals surface area (Å²) >= 11 is 0. The largest absolute Gasteiger partial charge is 0.371 e. The van der Waals surface area contributed by atoms with Gasteiger partial charge in [0, 0.05) is 31.4 Å². The van der Waals surface area contributed by atoms with E-state index >= 15 is 0 Å². The van der Waals surface area contributed by atoms with Gasteiger partial charge in [0.25, 0.3) is 0 Å². The number of anilines is 1. The van der Waals surface area contributed by atoms with Crippen LogP contribution in [0.2, 0.25) is 0 Å². The van der Waals surface area contributed by atoms with Crippen LogP contribution >= 0.6 is 0 Å². The molecule has 30 heavy (non-hydrogen) atoms. The molecule has 2 saturated heterocycles. The second-order valence-electron chi connectivity index (χ2n) is 8.05. The van der Waals surface area contributed by atoms with Gasteiger partial charge in [-0.05, 0) is 49.9 Å². The molecule has 1 N–H and O–H groups in total. The minimum atomic E-state index is -3.68. The number of benzene rings is 2. The summed E-state index contributed by atoms with van der Waals surface area (Å²) in [5.41, 5.74) is 1.20. The van der Waals surface area contributed by atoms with E-state index < -0.39 is 16.1 Å². The molecule has 2 aromatic rings. The highest BCUT2D eigenvalue weighted by molar-refractivity contribution is 7.89. The zero-order valence-corrected chi connectivity index (χ0v) is 17.9. The maximum atomic E-state index is 13.1. The third-order valence-corrected chi connectivity index (χ3v) is 7.99. The van der Waals surface area contributed by atoms with Crippen LogP contribution in [0.1, 0.15) is 32.1 Å². The summed E-state index contributed by atoms with van der Waals surface area (Å²) in [7, 11) is -3.68. The van der Waals surface area contributed by atoms with Crippen LogP contribution in [0.5, 0.6) is 0 Å². The summed E-state index contributed by atoms with van der Waals surface area (Å²) in [6.07, 6.45) is 3.94. The van der Waals surface area contributed by atoms with E-state index in [0.29, 0.717) is 13.0 Å². The first kappa shape index (κ1) is 20.9. The molecule has 6 nitrogen and oxygen atoms in total. The predicted molar refractivity (Wildman–Crippen MR) is 118 cm³/mol. The van der Waals surface area contributed by atoms with E-state index in [1.165, 1.54) is 9.99 Å². The molecule has 2 heterocycles. The minimum Gasteiger partial charge on any atom is -0.371 e. The number of carbonyl (C=O) groups excluding carboxylic acids is 1. The lowest BCUT2D eigenvalue weighted by molar-refractivity contribution is -0.126. The SMILES string of the molecule is O=C(NC1CCN(c2ccccc2)CC1)C1CCCCN1S(=O)(=O)c1ccccc1. The van der Waals surface area contributed by atoms with Crippen LogP contribution < -0.4 is 10.2 Å². The van der Waals surface area contributed by atoms with Gasteiger partial charge in [0.05, 0.1) is 4.90 Å². The topological polar surface area (TPSA) is 69.7 Å². The number of nitrogens with zero attached hydrogens (tertiary/aromatic N) is 2. The van der Waals surface area contributed by atoms with Crippen molar-refractivity contribution in [1.29, 1.82) is 0 Å². The Kier molecular flexibility index (Phi) is 6.39. The van der Waals surface area contributed by atoms with Crippen LogP contribution in [0, 0.1) is 0 Å². The van der Waals surface area contributed by atoms with E-state index in [9.17, 15) is 13.2 Å². The van der Waals surface area contributed by atoms with Crippen molar-refractivity contribution >= 4 is 21.6 Å². The summed E-state index contributed by atoms with van der Waals surface area (Å²) in [6.45, 7) is 2.15. The summed E-state index contributed by atoms with van der Waals surface area (Å²) in [5.74, 6) is -0.160. The van der Waals surface area contributed by atoms with Gasteiger partial charge >= 0.3 is 0 Å². The Labute approximate surface area is 178 Å². The Hall–Kier alpha value is -2.38. The van der Waals surface area contributed by atoms with Gasteiger partial charge in [-0.3, -0.25) is 4.79 Å². The fraction of sp³-hybridized carbons (Fsp3) is 0.435. The van der Waals surface area contributed by atoms with E-state index in [0.717, 1.165) is 38.8 Å². The third-order valence-electron chi connectivity index (χ3n) is 6.07. The number of amides is 1. The van der Waals surface area contributed by atoms with Crippen LogP contribution in [-0.4, -0.2) is 50.3 Å². The van der Waals surface area contributed by atoms with Crippen LogP contribution in [-0.2, 0) is 14.8 Å². The van der Waals surface area contributed by atoms with Crippen molar-refractivity contribution in [3.63, 3.8) is 0 Å². The number of para-hydroxylation sites is 1. The van der Waals surface area contributed by atoms with Gasteiger partial charge in [-0.2, -0.15) is 4.31 Å². The molecule has 2 aliphatic heterocycles. The van der Waals surface area contributed by atoms with E-state index in [1.54, 1.807) is 30.3 Å². The second kappa shape index (κ2) is 9.18. The normalized spacial score (nSPS) is 21.3. The van der Waals surface area contributed by atoms with Gasteiger partial charge in [0.1, 0.15) is 6.04 Å². The minimum absolute atomic E-state index is 0.0840. The first-order valence-corrected chi connectivity index (χ1v) is 12.2. The summed E-state index contributed by atoms with van der Waals surface area (Å²) < 4.78 is 27.7. The summed E-state index contributed by atoms with van der Waals surface area (Å²) in [6, 6.07) is 18.2. The van der Waals surface area contributed by atoms with Crippen molar-refractivity contribution in [2.24, 2.45) is 0 Å². The van der Waals surface area contributed by atoms with Crippen LogP contribution in [0.25, 0.3) is 0 Å². The van der Waals surface area contributed by atoms with Gasteiger partial charge in [-0.25, -0.2) is 8.42 Å². The van der Waals surface area contributed by atoms with E-state index in [1.807, 2.05) is 18.2 Å². The zero-order valence-electron chi connectivity index (χ0n) is 17.1. The predicted octanol–water partition coefficient (Wildman–Crippen LogP) is 3.02. The fourth-order valence-corrected chi connectivity index (χ4v) is 6.08. The van der Waals surface area contributed by atoms with E-state index in [2.05, 4.69) is 22.3 Å². The second-order valence-corrected chi connectivity index (χ2v) is 9.94. The van der Waals surface area contributed by atoms with Crippen molar-refractivity contribution in [3.05, 3.63) is 60.7 Å². The highest BCUT2D eigenvalue weighted by Gasteiger charge is 2.38. The zero-order chi connectivity index (χ0) is 21.0. The average Bonchev–Trinajstić information content (AvgIpc) is 2.81. The molecule has 1 atom stereocenters. The molecule has 0 bridgehead atoms. The molecule has 0 saturated carbocycles. The smallest absolute Gasteiger partial charge is 0.243 e. The van der Waals surface area contributed by atoms with Gasteiger partial charge in [0.2, 0.25) is 15.9 Å². The van der Waals surface area contributed by atoms with Crippen molar-refractivity contribution in [1.82, 2.24) is 9.62 Å². The lowest BCUT2D eigenvalue weighted by Gasteiger charge is -2.37. The van der Waals surface area contributed by atoms with Crippen LogP contribution in [0.4, 0.5) is 5.69 Å². The van der Waals surface area contributed by atoms with Crippen LogP contribution in [0.15, 0.2) is 65.6 Å². The molecule has 0 radical (unpaired) electrons. The van der Waals surface area contributed by atoms with Crippen molar-refractivity contribution in [2.45, 2.75) is 49.1 Å². The molecule has 4 rings (SSSR count). The number of carbonyl (C=O) groups is 1. The maximum Gasteiger partial charge on any atom is 0.243 e. The van der Waals surface area contributed by atoms with Crippen molar-refractivity contribution < 1.29 is 13.2 Å². The summed E-state index contributed by atoms with van der Waals surface area (Å²) in [5, 5.41) is 3.14. The molecule has 160 valence electrons. The number of piperidine rings is 2. The van der Waals surface area contributed by atoms with Gasteiger partial charge < -0.3 is 10.2 Å². The quantitative estimate of drug-likeness (QED) is 0.796. The average molecular weight is 428 g/mol. The molecule has 0 aliphatic carbocycles. The first-order chi connectivity index (χ1) is 14.6. The Balaban J connectivity index is 1.40. The van der Waals surface area contributed by atoms with E-state index in [-0.39, 0.29) is 16.8 Å². The highest BCUT2D eigenvalue weighted by Crippen LogP contribution is 2.26. The van der Waals surface area contributed by atoms with Gasteiger partial charge in [-0.15, -0.1) is 0 Å². The van der Waals surface area contributed by atoms with E-state index in [4.69, 9.17) is 0 Å². The molecule has 2 aromatic carbocycles. The fourth-order valence-electron chi connectivity index (χ4n) is 4.40. The highest BCUT2D eigenvalue weighted by atomic mass is 32.2. The first-order valence-electron chi connectivity index (χ1n) is 10.7. The Bertz CT molecular complexity index is 942. The van der Waals surface area contributed by atoms with Crippen LogP contribution in [0.3, 0.4) is 0 Å². The third kappa shape index (κ3) is 4.52. The molecule has 2 fully saturated rings. The summed E-state index contributed by atoms with van der Waals surface area (Å²) in [4.78, 5) is 15.7. The number of hydrogen-bond donors (Lipinski definition) is 1. The lowest BCUT2D eigenvalue weighted by atomic mass is 10.0. The van der Waals surface area contributed by atoms with Crippen molar-refractivity contribution in [3.8, 4) is 0 Å². The molecular formula is C23H29N3O3S. The Morgan fingerprint density at radius 2 is 1.47 bits per heavy atom. The lowest BCUT2D eigenvalue weighted by Crippen LogP contribution is -2.55. The maximum absolute atomic E-state index is 13.1. The molecule has 0 aromatic heterocycles. The van der Waals surface area contributed by atoms with Gasteiger partial charge in [0.15, 0.2) is 0 Å². The Morgan fingerprint density at radius 3 is 2.13 bits per heavy atom. The number of nitrogens with one attached hydrogen (secondary N) is 1. The molecule has 1 amide bonds. The molecule has 7 heteroatoms. The van der Waals surface area contributed by atoms with Gasteiger partial charge in [-0.1, -0.05) is 42.8 Å².